The van der Waals surface area contributed by atoms with E-state index in [9.17, 15) is 19.8 Å². The van der Waals surface area contributed by atoms with Crippen molar-refractivity contribution in [1.29, 1.82) is 0 Å². The van der Waals surface area contributed by atoms with Gasteiger partial charge in [-0.25, -0.2) is 0 Å². The molecule has 0 aromatic carbocycles. The Balaban J connectivity index is 1.71. The molecule has 7 heteroatoms. The van der Waals surface area contributed by atoms with Gasteiger partial charge >= 0.3 is 5.97 Å². The van der Waals surface area contributed by atoms with Gasteiger partial charge < -0.3 is 24.1 Å². The van der Waals surface area contributed by atoms with Crippen molar-refractivity contribution in [2.75, 3.05) is 7.11 Å². The lowest BCUT2D eigenvalue weighted by Gasteiger charge is -2.61. The van der Waals surface area contributed by atoms with Crippen LogP contribution in [0.2, 0.25) is 0 Å². The van der Waals surface area contributed by atoms with Crippen LogP contribution >= 0.6 is 0 Å². The summed E-state index contributed by atoms with van der Waals surface area (Å²) in [6.45, 7) is 7.46. The van der Waals surface area contributed by atoms with Gasteiger partial charge in [-0.15, -0.1) is 0 Å². The number of hydrogen-bond acceptors (Lipinski definition) is 7. The third kappa shape index (κ3) is 2.79. The van der Waals surface area contributed by atoms with E-state index in [1.165, 1.54) is 19.3 Å². The smallest absolute Gasteiger partial charge is 0.305 e. The van der Waals surface area contributed by atoms with Crippen LogP contribution in [0.5, 0.6) is 0 Å². The molecule has 1 aliphatic heterocycles. The Morgan fingerprint density at radius 1 is 1.27 bits per heavy atom. The SMILES string of the molecule is COC(=O)C[C@H]1[C@]2(C)C3=C(C)[C@@H](c4ccoc4)C[C@H]3O[C@@H]2[C@H](O)[C@@H]2[C@@]1(C)C(=O)C=C[C@@]2(C)O. The average Bonchev–Trinajstić information content (AvgIpc) is 3.45. The minimum Gasteiger partial charge on any atom is -0.472 e. The summed E-state index contributed by atoms with van der Waals surface area (Å²) in [4.78, 5) is 26.1. The highest BCUT2D eigenvalue weighted by molar-refractivity contribution is 5.97. The molecule has 3 aliphatic carbocycles. The first-order chi connectivity index (χ1) is 15.5. The quantitative estimate of drug-likeness (QED) is 0.532. The molecule has 1 aromatic rings. The summed E-state index contributed by atoms with van der Waals surface area (Å²) in [6.07, 6.45) is 4.95. The van der Waals surface area contributed by atoms with Gasteiger partial charge in [0, 0.05) is 22.7 Å². The van der Waals surface area contributed by atoms with Gasteiger partial charge in [0.1, 0.15) is 0 Å². The van der Waals surface area contributed by atoms with E-state index in [1.807, 2.05) is 13.0 Å². The van der Waals surface area contributed by atoms with Crippen LogP contribution in [0.25, 0.3) is 0 Å². The molecule has 2 N–H and O–H groups in total. The van der Waals surface area contributed by atoms with Crippen LogP contribution in [0.3, 0.4) is 0 Å². The molecule has 0 radical (unpaired) electrons. The summed E-state index contributed by atoms with van der Waals surface area (Å²) >= 11 is 0. The van der Waals surface area contributed by atoms with Crippen LogP contribution in [0, 0.1) is 22.7 Å². The molecule has 9 atom stereocenters. The summed E-state index contributed by atoms with van der Waals surface area (Å²) in [6, 6.07) is 1.95. The zero-order valence-corrected chi connectivity index (χ0v) is 19.7. The monoisotopic (exact) mass is 456 g/mol. The Kier molecular flexibility index (Phi) is 4.88. The van der Waals surface area contributed by atoms with Gasteiger partial charge in [0.2, 0.25) is 0 Å². The van der Waals surface area contributed by atoms with Crippen LogP contribution in [0.4, 0.5) is 0 Å². The Bertz CT molecular complexity index is 1050. The third-order valence-corrected chi connectivity index (χ3v) is 9.22. The topological polar surface area (TPSA) is 106 Å². The Hall–Kier alpha value is -2.22. The molecular weight excluding hydrogens is 424 g/mol. The van der Waals surface area contributed by atoms with Crippen LogP contribution in [0.1, 0.15) is 52.0 Å². The predicted octanol–water partition coefficient (Wildman–Crippen LogP) is 2.92. The van der Waals surface area contributed by atoms with E-state index in [4.69, 9.17) is 13.9 Å². The normalized spacial score (nSPS) is 46.2. The Labute approximate surface area is 193 Å². The number of furan rings is 1. The fourth-order valence-electron chi connectivity index (χ4n) is 7.85. The largest absolute Gasteiger partial charge is 0.472 e. The third-order valence-electron chi connectivity index (χ3n) is 9.22. The molecule has 2 heterocycles. The van der Waals surface area contributed by atoms with Gasteiger partial charge in [-0.3, -0.25) is 9.59 Å². The molecule has 33 heavy (non-hydrogen) atoms. The van der Waals surface area contributed by atoms with Gasteiger partial charge in [0.25, 0.3) is 0 Å². The first-order valence-corrected chi connectivity index (χ1v) is 11.6. The molecular formula is C26H32O7. The number of aliphatic hydroxyl groups is 2. The number of carbonyl (C=O) groups is 2. The molecule has 0 unspecified atom stereocenters. The minimum absolute atomic E-state index is 0.0118. The lowest BCUT2D eigenvalue weighted by molar-refractivity contribution is -0.222. The molecule has 4 aliphatic rings. The molecule has 0 bridgehead atoms. The predicted molar refractivity (Wildman–Crippen MR) is 118 cm³/mol. The maximum Gasteiger partial charge on any atom is 0.305 e. The lowest BCUT2D eigenvalue weighted by Crippen LogP contribution is -2.69. The van der Waals surface area contributed by atoms with E-state index in [0.717, 1.165) is 16.7 Å². The van der Waals surface area contributed by atoms with Crippen molar-refractivity contribution in [3.63, 3.8) is 0 Å². The van der Waals surface area contributed by atoms with Gasteiger partial charge in [0.05, 0.1) is 50.0 Å². The fourth-order valence-corrected chi connectivity index (χ4v) is 7.85. The Morgan fingerprint density at radius 3 is 2.64 bits per heavy atom. The summed E-state index contributed by atoms with van der Waals surface area (Å²) in [5, 5.41) is 22.9. The van der Waals surface area contributed by atoms with Gasteiger partial charge in [-0.2, -0.15) is 0 Å². The van der Waals surface area contributed by atoms with Crippen molar-refractivity contribution in [3.05, 3.63) is 47.5 Å². The van der Waals surface area contributed by atoms with E-state index in [2.05, 4.69) is 6.92 Å². The number of esters is 1. The van der Waals surface area contributed by atoms with Crippen molar-refractivity contribution in [2.45, 2.75) is 70.4 Å². The molecule has 7 nitrogen and oxygen atoms in total. The second-order valence-electron chi connectivity index (χ2n) is 10.8. The van der Waals surface area contributed by atoms with Crippen molar-refractivity contribution in [1.82, 2.24) is 0 Å². The molecule has 178 valence electrons. The van der Waals surface area contributed by atoms with E-state index in [0.29, 0.717) is 6.42 Å². The van der Waals surface area contributed by atoms with Crippen LogP contribution < -0.4 is 0 Å². The number of carbonyl (C=O) groups excluding carboxylic acids is 2. The standard InChI is InChI=1S/C26H32O7/c1-13-15(14-7-9-32-12-14)10-16-20(13)26(4)17(11-19(28)31-5)25(3)18(27)6-8-24(2,30)22(25)21(29)23(26)33-16/h6-9,12,15-17,21-23,29-30H,10-11H2,1-5H3/t15-,16+,17+,21+,22-,23+,24+,25+,26+/m0/s1. The zero-order chi connectivity index (χ0) is 23.9. The highest BCUT2D eigenvalue weighted by Crippen LogP contribution is 2.68. The van der Waals surface area contributed by atoms with E-state index in [-0.39, 0.29) is 24.2 Å². The van der Waals surface area contributed by atoms with Crippen LogP contribution in [-0.4, -0.2) is 53.0 Å². The number of ketones is 1. The van der Waals surface area contributed by atoms with E-state index in [1.54, 1.807) is 26.4 Å². The van der Waals surface area contributed by atoms with E-state index >= 15 is 0 Å². The summed E-state index contributed by atoms with van der Waals surface area (Å²) in [5.41, 5.74) is -0.168. The van der Waals surface area contributed by atoms with Crippen LogP contribution in [0.15, 0.2) is 46.3 Å². The van der Waals surface area contributed by atoms with Gasteiger partial charge in [-0.05, 0) is 55.5 Å². The molecule has 5 rings (SSSR count). The van der Waals surface area contributed by atoms with Gasteiger partial charge in [-0.1, -0.05) is 19.4 Å². The highest BCUT2D eigenvalue weighted by atomic mass is 16.5. The maximum atomic E-state index is 13.5. The van der Waals surface area contributed by atoms with Crippen molar-refractivity contribution >= 4 is 11.8 Å². The fraction of sp³-hybridized carbons (Fsp3) is 0.615. The summed E-state index contributed by atoms with van der Waals surface area (Å²) < 4.78 is 16.9. The molecule has 2 fully saturated rings. The minimum atomic E-state index is -1.43. The van der Waals surface area contributed by atoms with Crippen molar-refractivity contribution < 1.29 is 33.7 Å². The van der Waals surface area contributed by atoms with Crippen molar-refractivity contribution in [3.8, 4) is 0 Å². The number of fused-ring (bicyclic) bond motifs is 4. The maximum absolute atomic E-state index is 13.5. The van der Waals surface area contributed by atoms with Crippen LogP contribution in [-0.2, 0) is 19.1 Å². The highest BCUT2D eigenvalue weighted by Gasteiger charge is 2.73. The van der Waals surface area contributed by atoms with Crippen molar-refractivity contribution in [2.24, 2.45) is 22.7 Å². The molecule has 1 aromatic heterocycles. The lowest BCUT2D eigenvalue weighted by atomic mass is 9.43. The second-order valence-corrected chi connectivity index (χ2v) is 10.8. The zero-order valence-electron chi connectivity index (χ0n) is 19.7. The molecule has 1 saturated heterocycles. The number of methoxy groups -OCH3 is 1. The Morgan fingerprint density at radius 2 is 2.00 bits per heavy atom. The number of rotatable bonds is 3. The number of ether oxygens (including phenoxy) is 2. The van der Waals surface area contributed by atoms with Gasteiger partial charge in [0.15, 0.2) is 5.78 Å². The molecule has 0 amide bonds. The first kappa shape index (κ1) is 22.6. The van der Waals surface area contributed by atoms with E-state index < -0.39 is 46.4 Å². The second kappa shape index (κ2) is 7.14. The summed E-state index contributed by atoms with van der Waals surface area (Å²) in [7, 11) is 1.33. The number of hydrogen-bond donors (Lipinski definition) is 2. The average molecular weight is 457 g/mol. The number of allylic oxidation sites excluding steroid dienone is 2. The first-order valence-electron chi connectivity index (χ1n) is 11.6. The number of aliphatic hydroxyl groups excluding tert-OH is 1. The molecule has 0 spiro atoms. The molecule has 1 saturated carbocycles. The summed E-state index contributed by atoms with van der Waals surface area (Å²) in [5.74, 6) is -1.87.